The molecule has 0 saturated heterocycles. The molecule has 0 aromatic carbocycles. The molecule has 3 rings (SSSR count). The Hall–Kier alpha value is -2.13. The van der Waals surface area contributed by atoms with Crippen molar-refractivity contribution in [2.24, 2.45) is 0 Å². The number of hydrogen-bond acceptors (Lipinski definition) is 8. The minimum Gasteiger partial charge on any atom is -0.339 e. The van der Waals surface area contributed by atoms with Crippen LogP contribution < -0.4 is 5.32 Å². The van der Waals surface area contributed by atoms with Gasteiger partial charge in [-0.05, 0) is 17.9 Å². The van der Waals surface area contributed by atoms with Crippen LogP contribution in [0.5, 0.6) is 0 Å². The first-order chi connectivity index (χ1) is 11.2. The van der Waals surface area contributed by atoms with Crippen molar-refractivity contribution in [1.29, 1.82) is 0 Å². The molecule has 3 heterocycles. The summed E-state index contributed by atoms with van der Waals surface area (Å²) in [6, 6.07) is 3.85. The first kappa shape index (κ1) is 15.8. The molecule has 0 spiro atoms. The molecular weight excluding hydrogens is 334 g/mol. The van der Waals surface area contributed by atoms with Crippen LogP contribution >= 0.6 is 22.7 Å². The molecule has 1 amide bonds. The normalized spacial score (nSPS) is 10.8. The molecule has 0 unspecified atom stereocenters. The maximum Gasteiger partial charge on any atom is 0.227 e. The number of aromatic nitrogens is 4. The van der Waals surface area contributed by atoms with Crippen LogP contribution in [0, 0.1) is 0 Å². The van der Waals surface area contributed by atoms with Gasteiger partial charge in [-0.1, -0.05) is 29.5 Å². The number of nitrogens with zero attached hydrogens (tertiary/aromatic N) is 4. The average molecular weight is 349 g/mol. The molecule has 3 aromatic rings. The van der Waals surface area contributed by atoms with Crippen LogP contribution in [0.1, 0.15) is 30.7 Å². The van der Waals surface area contributed by atoms with Gasteiger partial charge in [-0.3, -0.25) is 4.79 Å². The summed E-state index contributed by atoms with van der Waals surface area (Å²) in [6.07, 6.45) is 2.53. The Morgan fingerprint density at radius 1 is 1.35 bits per heavy atom. The Morgan fingerprint density at radius 2 is 2.26 bits per heavy atom. The van der Waals surface area contributed by atoms with Crippen molar-refractivity contribution in [3.05, 3.63) is 28.4 Å². The summed E-state index contributed by atoms with van der Waals surface area (Å²) in [6.45, 7) is 2.08. The van der Waals surface area contributed by atoms with Crippen LogP contribution in [0.4, 0.5) is 5.13 Å². The largest absolute Gasteiger partial charge is 0.339 e. The van der Waals surface area contributed by atoms with E-state index >= 15 is 0 Å². The second-order valence-corrected chi connectivity index (χ2v) is 6.80. The number of thiophene rings is 1. The van der Waals surface area contributed by atoms with E-state index in [9.17, 15) is 4.79 Å². The molecule has 1 N–H and O–H groups in total. The Bertz CT molecular complexity index is 766. The van der Waals surface area contributed by atoms with Crippen molar-refractivity contribution >= 4 is 33.7 Å². The van der Waals surface area contributed by atoms with Gasteiger partial charge in [0.05, 0.1) is 4.88 Å². The molecule has 0 fully saturated rings. The molecule has 7 nitrogen and oxygen atoms in total. The van der Waals surface area contributed by atoms with Gasteiger partial charge in [0.15, 0.2) is 0 Å². The van der Waals surface area contributed by atoms with Gasteiger partial charge in [-0.25, -0.2) is 0 Å². The van der Waals surface area contributed by atoms with Crippen molar-refractivity contribution in [3.8, 4) is 10.7 Å². The maximum absolute atomic E-state index is 11.9. The highest BCUT2D eigenvalue weighted by Crippen LogP contribution is 2.21. The van der Waals surface area contributed by atoms with E-state index in [-0.39, 0.29) is 12.3 Å². The molecule has 3 aromatic heterocycles. The molecule has 0 radical (unpaired) electrons. The SMILES string of the molecule is CCCc1nnc(NC(=O)CCc2nc(-c3cccs3)no2)s1. The van der Waals surface area contributed by atoms with Crippen molar-refractivity contribution < 1.29 is 9.32 Å². The standard InChI is InChI=1S/C14H15N5O2S2/c1-2-4-12-17-18-14(23-12)15-10(20)6-7-11-16-13(19-21-11)9-5-3-8-22-9/h3,5,8H,2,4,6-7H2,1H3,(H,15,18,20). The lowest BCUT2D eigenvalue weighted by atomic mass is 10.3. The zero-order chi connectivity index (χ0) is 16.1. The zero-order valence-corrected chi connectivity index (χ0v) is 14.1. The number of nitrogens with one attached hydrogen (secondary N) is 1. The van der Waals surface area contributed by atoms with Gasteiger partial charge in [-0.15, -0.1) is 21.5 Å². The third-order valence-electron chi connectivity index (χ3n) is 2.95. The minimum absolute atomic E-state index is 0.139. The van der Waals surface area contributed by atoms with Crippen molar-refractivity contribution in [1.82, 2.24) is 20.3 Å². The minimum atomic E-state index is -0.139. The van der Waals surface area contributed by atoms with E-state index in [1.54, 1.807) is 11.3 Å². The van der Waals surface area contributed by atoms with Gasteiger partial charge in [0.25, 0.3) is 0 Å². The van der Waals surface area contributed by atoms with Gasteiger partial charge in [0, 0.05) is 19.3 Å². The van der Waals surface area contributed by atoms with E-state index in [0.29, 0.717) is 23.3 Å². The molecule has 23 heavy (non-hydrogen) atoms. The van der Waals surface area contributed by atoms with Gasteiger partial charge in [0.2, 0.25) is 22.8 Å². The Labute approximate surface area is 140 Å². The smallest absolute Gasteiger partial charge is 0.227 e. The van der Waals surface area contributed by atoms with Crippen LogP contribution in [-0.4, -0.2) is 26.2 Å². The third-order valence-corrected chi connectivity index (χ3v) is 4.72. The van der Waals surface area contributed by atoms with Crippen LogP contribution in [-0.2, 0) is 17.6 Å². The zero-order valence-electron chi connectivity index (χ0n) is 12.5. The van der Waals surface area contributed by atoms with E-state index < -0.39 is 0 Å². The predicted octanol–water partition coefficient (Wildman–Crippen LogP) is 3.17. The number of aryl methyl sites for hydroxylation is 2. The molecule has 0 bridgehead atoms. The molecule has 9 heteroatoms. The lowest BCUT2D eigenvalue weighted by Gasteiger charge is -1.98. The van der Waals surface area contributed by atoms with E-state index in [2.05, 4.69) is 32.6 Å². The number of amides is 1. The van der Waals surface area contributed by atoms with Gasteiger partial charge in [0.1, 0.15) is 5.01 Å². The summed E-state index contributed by atoms with van der Waals surface area (Å²) in [7, 11) is 0. The van der Waals surface area contributed by atoms with Crippen LogP contribution in [0.25, 0.3) is 10.7 Å². The fourth-order valence-electron chi connectivity index (χ4n) is 1.88. The highest BCUT2D eigenvalue weighted by molar-refractivity contribution is 7.15. The fraction of sp³-hybridized carbons (Fsp3) is 0.357. The van der Waals surface area contributed by atoms with E-state index in [4.69, 9.17) is 4.52 Å². The average Bonchev–Trinajstić information content (AvgIpc) is 3.27. The lowest BCUT2D eigenvalue weighted by molar-refractivity contribution is -0.116. The summed E-state index contributed by atoms with van der Waals surface area (Å²) in [5.74, 6) is 0.872. The summed E-state index contributed by atoms with van der Waals surface area (Å²) in [5.41, 5.74) is 0. The first-order valence-electron chi connectivity index (χ1n) is 7.23. The lowest BCUT2D eigenvalue weighted by Crippen LogP contribution is -2.12. The van der Waals surface area contributed by atoms with Gasteiger partial charge in [-0.2, -0.15) is 4.98 Å². The fourth-order valence-corrected chi connectivity index (χ4v) is 3.39. The highest BCUT2D eigenvalue weighted by atomic mass is 32.1. The molecule has 0 aliphatic carbocycles. The Balaban J connectivity index is 1.50. The molecule has 0 aliphatic heterocycles. The van der Waals surface area contributed by atoms with Gasteiger partial charge < -0.3 is 9.84 Å². The summed E-state index contributed by atoms with van der Waals surface area (Å²) < 4.78 is 5.17. The van der Waals surface area contributed by atoms with Crippen LogP contribution in [0.2, 0.25) is 0 Å². The van der Waals surface area contributed by atoms with Gasteiger partial charge >= 0.3 is 0 Å². The van der Waals surface area contributed by atoms with Crippen LogP contribution in [0.15, 0.2) is 22.0 Å². The maximum atomic E-state index is 11.9. The first-order valence-corrected chi connectivity index (χ1v) is 8.93. The van der Waals surface area contributed by atoms with Crippen molar-refractivity contribution in [2.45, 2.75) is 32.6 Å². The molecule has 0 saturated carbocycles. The predicted molar refractivity (Wildman–Crippen MR) is 88.5 cm³/mol. The summed E-state index contributed by atoms with van der Waals surface area (Å²) in [5, 5.41) is 18.1. The summed E-state index contributed by atoms with van der Waals surface area (Å²) >= 11 is 2.95. The molecule has 120 valence electrons. The van der Waals surface area contributed by atoms with E-state index in [1.807, 2.05) is 17.5 Å². The van der Waals surface area contributed by atoms with E-state index in [0.717, 1.165) is 22.7 Å². The topological polar surface area (TPSA) is 93.8 Å². The highest BCUT2D eigenvalue weighted by Gasteiger charge is 2.12. The van der Waals surface area contributed by atoms with Crippen LogP contribution in [0.3, 0.4) is 0 Å². The third kappa shape index (κ3) is 4.20. The monoisotopic (exact) mass is 349 g/mol. The Morgan fingerprint density at radius 3 is 3.04 bits per heavy atom. The molecule has 0 aliphatic rings. The summed E-state index contributed by atoms with van der Waals surface area (Å²) in [4.78, 5) is 17.2. The van der Waals surface area contributed by atoms with Crippen molar-refractivity contribution in [3.63, 3.8) is 0 Å². The number of carbonyl (C=O) groups excluding carboxylic acids is 1. The number of anilines is 1. The number of carbonyl (C=O) groups is 1. The number of rotatable bonds is 7. The van der Waals surface area contributed by atoms with Crippen molar-refractivity contribution in [2.75, 3.05) is 5.32 Å². The molecular formula is C14H15N5O2S2. The Kier molecular flexibility index (Phi) is 5.09. The molecule has 0 atom stereocenters. The second-order valence-electron chi connectivity index (χ2n) is 4.79. The quantitative estimate of drug-likeness (QED) is 0.704. The second kappa shape index (κ2) is 7.42. The number of hydrogen-bond donors (Lipinski definition) is 1. The van der Waals surface area contributed by atoms with E-state index in [1.165, 1.54) is 11.3 Å².